The van der Waals surface area contributed by atoms with Gasteiger partial charge in [-0.05, 0) is 61.2 Å². The Morgan fingerprint density at radius 1 is 1.10 bits per heavy atom. The number of hydrogen-bond donors (Lipinski definition) is 1. The van der Waals surface area contributed by atoms with Crippen molar-refractivity contribution in [2.45, 2.75) is 27.2 Å². The zero-order valence-corrected chi connectivity index (χ0v) is 18.2. The van der Waals surface area contributed by atoms with E-state index in [0.29, 0.717) is 27.7 Å². The minimum atomic E-state index is -4.15. The number of ether oxygens (including phenoxy) is 1. The van der Waals surface area contributed by atoms with E-state index in [1.807, 2.05) is 32.0 Å². The molecule has 2 aromatic carbocycles. The van der Waals surface area contributed by atoms with E-state index in [1.54, 1.807) is 24.3 Å². The summed E-state index contributed by atoms with van der Waals surface area (Å²) < 4.78 is 31.9. The highest BCUT2D eigenvalue weighted by molar-refractivity contribution is 7.99. The topological polar surface area (TPSA) is 92.8 Å². The number of rotatable bonds is 6. The van der Waals surface area contributed by atoms with Crippen molar-refractivity contribution in [3.63, 3.8) is 0 Å². The van der Waals surface area contributed by atoms with Crippen LogP contribution in [0.5, 0.6) is 5.75 Å². The van der Waals surface area contributed by atoms with E-state index in [1.165, 1.54) is 14.0 Å². The lowest BCUT2D eigenvalue weighted by Crippen LogP contribution is -2.38. The van der Waals surface area contributed by atoms with Crippen molar-refractivity contribution in [3.05, 3.63) is 64.7 Å². The molecule has 1 heterocycles. The van der Waals surface area contributed by atoms with E-state index in [0.717, 1.165) is 11.1 Å². The van der Waals surface area contributed by atoms with E-state index in [9.17, 15) is 18.0 Å². The number of para-hydroxylation sites is 1. The molecule has 0 aliphatic carbocycles. The van der Waals surface area contributed by atoms with Crippen molar-refractivity contribution in [3.8, 4) is 5.75 Å². The predicted octanol–water partition coefficient (Wildman–Crippen LogP) is 3.11. The number of nitrogens with one attached hydrogen (secondary N) is 1. The summed E-state index contributed by atoms with van der Waals surface area (Å²) in [6, 6.07) is 12.0. The molecule has 8 heteroatoms. The summed E-state index contributed by atoms with van der Waals surface area (Å²) in [5.74, 6) is -0.698. The van der Waals surface area contributed by atoms with Crippen molar-refractivity contribution in [2.75, 3.05) is 19.0 Å². The third kappa shape index (κ3) is 3.82. The molecule has 158 valence electrons. The van der Waals surface area contributed by atoms with Crippen LogP contribution in [0.25, 0.3) is 4.91 Å². The third-order valence-electron chi connectivity index (χ3n) is 5.08. The maximum Gasteiger partial charge on any atom is 0.268 e. The molecule has 0 unspecified atom stereocenters. The predicted molar refractivity (Wildman–Crippen MR) is 115 cm³/mol. The number of aryl methyl sites for hydroxylation is 2. The molecule has 0 bridgehead atoms. The normalized spacial score (nSPS) is 15.5. The van der Waals surface area contributed by atoms with Crippen molar-refractivity contribution in [1.82, 2.24) is 4.31 Å². The molecule has 1 N–H and O–H groups in total. The molecule has 2 aromatic rings. The van der Waals surface area contributed by atoms with E-state index in [2.05, 4.69) is 5.32 Å². The van der Waals surface area contributed by atoms with Crippen molar-refractivity contribution < 1.29 is 22.7 Å². The zero-order chi connectivity index (χ0) is 22.1. The first-order chi connectivity index (χ1) is 14.2. The molecule has 7 nitrogen and oxygen atoms in total. The molecule has 0 fully saturated rings. The molecule has 0 saturated heterocycles. The summed E-state index contributed by atoms with van der Waals surface area (Å²) >= 11 is 0. The number of amides is 2. The number of hydrogen-bond acceptors (Lipinski definition) is 5. The van der Waals surface area contributed by atoms with E-state index >= 15 is 0 Å². The second-order valence-corrected chi connectivity index (χ2v) is 8.81. The number of methoxy groups -OCH3 is 1. The summed E-state index contributed by atoms with van der Waals surface area (Å²) in [6.07, 6.45) is 0.709. The molecule has 0 saturated carbocycles. The molecular formula is C22H24N2O5S. The first kappa shape index (κ1) is 21.6. The Morgan fingerprint density at radius 2 is 1.77 bits per heavy atom. The Labute approximate surface area is 176 Å². The Kier molecular flexibility index (Phi) is 5.98. The average molecular weight is 429 g/mol. The summed E-state index contributed by atoms with van der Waals surface area (Å²) in [7, 11) is -2.64. The molecule has 1 aliphatic rings. The van der Waals surface area contributed by atoms with Crippen molar-refractivity contribution in [1.29, 1.82) is 0 Å². The standard InChI is InChI=1S/C22H24N2O5S/c1-5-16-8-6-7-14(2)20(16)23-19(25)13-24-22(26)15(3)21(30(24,27)28)17-9-11-18(29-4)12-10-17/h6-12H,5,13H2,1-4H3,(H,23,25). The van der Waals surface area contributed by atoms with Crippen LogP contribution in [0.15, 0.2) is 48.0 Å². The molecule has 3 rings (SSSR count). The van der Waals surface area contributed by atoms with Gasteiger partial charge in [0.1, 0.15) is 17.2 Å². The molecular weight excluding hydrogens is 404 g/mol. The minimum Gasteiger partial charge on any atom is -0.497 e. The van der Waals surface area contributed by atoms with Crippen LogP contribution in [0.4, 0.5) is 5.69 Å². The van der Waals surface area contributed by atoms with E-state index in [4.69, 9.17) is 4.74 Å². The van der Waals surface area contributed by atoms with Gasteiger partial charge in [-0.2, -0.15) is 0 Å². The van der Waals surface area contributed by atoms with Gasteiger partial charge in [0.25, 0.3) is 15.9 Å². The fraction of sp³-hybridized carbons (Fsp3) is 0.273. The lowest BCUT2D eigenvalue weighted by atomic mass is 10.1. The Hall–Kier alpha value is -3.13. The van der Waals surface area contributed by atoms with E-state index < -0.39 is 28.4 Å². The van der Waals surface area contributed by atoms with Gasteiger partial charge in [0.2, 0.25) is 5.91 Å². The lowest BCUT2D eigenvalue weighted by molar-refractivity contribution is -0.126. The summed E-state index contributed by atoms with van der Waals surface area (Å²) in [6.45, 7) is 4.69. The largest absolute Gasteiger partial charge is 0.497 e. The SMILES string of the molecule is CCc1cccc(C)c1NC(=O)CN1C(=O)C(C)=C(c2ccc(OC)cc2)S1(=O)=O. The van der Waals surface area contributed by atoms with Crippen LogP contribution in [-0.4, -0.2) is 38.2 Å². The maximum absolute atomic E-state index is 13.1. The molecule has 0 spiro atoms. The van der Waals surface area contributed by atoms with Gasteiger partial charge >= 0.3 is 0 Å². The van der Waals surface area contributed by atoms with Gasteiger partial charge in [-0.15, -0.1) is 0 Å². The monoisotopic (exact) mass is 428 g/mol. The first-order valence-corrected chi connectivity index (χ1v) is 11.0. The Morgan fingerprint density at radius 3 is 2.37 bits per heavy atom. The second kappa shape index (κ2) is 8.31. The number of carbonyl (C=O) groups excluding carboxylic acids is 2. The van der Waals surface area contributed by atoms with Gasteiger partial charge in [0.05, 0.1) is 7.11 Å². The molecule has 0 atom stereocenters. The first-order valence-electron chi connectivity index (χ1n) is 9.51. The quantitative estimate of drug-likeness (QED) is 0.763. The van der Waals surface area contributed by atoms with Gasteiger partial charge < -0.3 is 10.1 Å². The van der Waals surface area contributed by atoms with Crippen LogP contribution < -0.4 is 10.1 Å². The number of benzene rings is 2. The van der Waals surface area contributed by atoms with E-state index in [-0.39, 0.29) is 10.5 Å². The van der Waals surface area contributed by atoms with Gasteiger partial charge in [0, 0.05) is 11.3 Å². The maximum atomic E-state index is 13.1. The number of carbonyl (C=O) groups is 2. The highest BCUT2D eigenvalue weighted by Crippen LogP contribution is 2.36. The Balaban J connectivity index is 1.86. The van der Waals surface area contributed by atoms with Crippen molar-refractivity contribution in [2.24, 2.45) is 0 Å². The van der Waals surface area contributed by atoms with Crippen molar-refractivity contribution >= 4 is 32.4 Å². The van der Waals surface area contributed by atoms with Gasteiger partial charge in [-0.25, -0.2) is 12.7 Å². The molecule has 1 aliphatic heterocycles. The molecule has 2 amide bonds. The highest BCUT2D eigenvalue weighted by atomic mass is 32.2. The number of anilines is 1. The Bertz CT molecular complexity index is 1130. The lowest BCUT2D eigenvalue weighted by Gasteiger charge is -2.18. The average Bonchev–Trinajstić information content (AvgIpc) is 2.89. The number of nitrogens with zero attached hydrogens (tertiary/aromatic N) is 1. The third-order valence-corrected chi connectivity index (χ3v) is 7.01. The molecule has 30 heavy (non-hydrogen) atoms. The zero-order valence-electron chi connectivity index (χ0n) is 17.4. The summed E-state index contributed by atoms with van der Waals surface area (Å²) in [5, 5.41) is 2.77. The van der Waals surface area contributed by atoms with Crippen LogP contribution in [0.2, 0.25) is 0 Å². The molecule has 0 aromatic heterocycles. The van der Waals surface area contributed by atoms with Crippen LogP contribution >= 0.6 is 0 Å². The van der Waals surface area contributed by atoms with Crippen LogP contribution in [0.1, 0.15) is 30.5 Å². The van der Waals surface area contributed by atoms with Crippen LogP contribution in [-0.2, 0) is 26.0 Å². The van der Waals surface area contributed by atoms with Gasteiger partial charge in [0.15, 0.2) is 0 Å². The summed E-state index contributed by atoms with van der Waals surface area (Å²) in [4.78, 5) is 25.3. The van der Waals surface area contributed by atoms with Crippen LogP contribution in [0.3, 0.4) is 0 Å². The minimum absolute atomic E-state index is 0.0816. The number of sulfonamides is 1. The van der Waals surface area contributed by atoms with Gasteiger partial charge in [-0.3, -0.25) is 9.59 Å². The highest BCUT2D eigenvalue weighted by Gasteiger charge is 2.43. The fourth-order valence-electron chi connectivity index (χ4n) is 3.47. The summed E-state index contributed by atoms with van der Waals surface area (Å²) in [5.41, 5.74) is 2.91. The molecule has 0 radical (unpaired) electrons. The second-order valence-electron chi connectivity index (χ2n) is 7.01. The smallest absolute Gasteiger partial charge is 0.268 e. The fourth-order valence-corrected chi connectivity index (χ4v) is 5.24. The van der Waals surface area contributed by atoms with Crippen LogP contribution in [0, 0.1) is 6.92 Å². The van der Waals surface area contributed by atoms with Gasteiger partial charge in [-0.1, -0.05) is 25.1 Å².